The number of aromatic nitrogens is 2. The monoisotopic (exact) mass is 197 g/mol. The highest BCUT2D eigenvalue weighted by Crippen LogP contribution is 2.12. The summed E-state index contributed by atoms with van der Waals surface area (Å²) in [4.78, 5) is 0. The second-order valence-corrected chi connectivity index (χ2v) is 3.50. The van der Waals surface area contributed by atoms with Crippen LogP contribution in [0.2, 0.25) is 0 Å². The summed E-state index contributed by atoms with van der Waals surface area (Å²) in [6, 6.07) is 9.53. The van der Waals surface area contributed by atoms with Crippen LogP contribution in [0.25, 0.3) is 5.69 Å². The van der Waals surface area contributed by atoms with Gasteiger partial charge >= 0.3 is 0 Å². The summed E-state index contributed by atoms with van der Waals surface area (Å²) in [6.45, 7) is 3.99. The van der Waals surface area contributed by atoms with Crippen molar-refractivity contribution in [2.75, 3.05) is 0 Å². The van der Waals surface area contributed by atoms with Crippen LogP contribution < -0.4 is 0 Å². The minimum absolute atomic E-state index is 0.651. The maximum Gasteiger partial charge on any atom is 0.0992 e. The molecule has 1 aromatic carbocycles. The Morgan fingerprint density at radius 2 is 2.13 bits per heavy atom. The molecule has 1 aromatic heterocycles. The Morgan fingerprint density at radius 3 is 2.73 bits per heavy atom. The normalized spacial score (nSPS) is 9.93. The molecule has 15 heavy (non-hydrogen) atoms. The van der Waals surface area contributed by atoms with Gasteiger partial charge in [0.05, 0.1) is 23.0 Å². The lowest BCUT2D eigenvalue weighted by Crippen LogP contribution is -1.94. The fraction of sp³-hybridized carbons (Fsp3) is 0.167. The van der Waals surface area contributed by atoms with E-state index in [-0.39, 0.29) is 0 Å². The average molecular weight is 197 g/mol. The van der Waals surface area contributed by atoms with Gasteiger partial charge in [0.25, 0.3) is 0 Å². The molecule has 0 radical (unpaired) electrons. The molecule has 0 aliphatic carbocycles. The smallest absolute Gasteiger partial charge is 0.0992 e. The van der Waals surface area contributed by atoms with Gasteiger partial charge in [-0.05, 0) is 37.6 Å². The summed E-state index contributed by atoms with van der Waals surface area (Å²) < 4.78 is 1.80. The van der Waals surface area contributed by atoms with E-state index in [2.05, 4.69) is 11.2 Å². The molecule has 2 aromatic rings. The van der Waals surface area contributed by atoms with Crippen molar-refractivity contribution in [3.63, 3.8) is 0 Å². The van der Waals surface area contributed by atoms with Crippen LogP contribution in [0.1, 0.15) is 16.8 Å². The molecule has 0 spiro atoms. The highest BCUT2D eigenvalue weighted by atomic mass is 15.3. The molecule has 0 aliphatic heterocycles. The summed E-state index contributed by atoms with van der Waals surface area (Å²) in [7, 11) is 0. The number of rotatable bonds is 1. The molecule has 0 atom stereocenters. The fourth-order valence-electron chi connectivity index (χ4n) is 1.40. The Hall–Kier alpha value is -2.08. The van der Waals surface area contributed by atoms with Gasteiger partial charge in [-0.1, -0.05) is 6.07 Å². The topological polar surface area (TPSA) is 41.6 Å². The van der Waals surface area contributed by atoms with E-state index in [0.29, 0.717) is 5.56 Å². The van der Waals surface area contributed by atoms with Crippen LogP contribution in [0, 0.1) is 25.2 Å². The van der Waals surface area contributed by atoms with Crippen molar-refractivity contribution in [1.82, 2.24) is 9.78 Å². The van der Waals surface area contributed by atoms with Crippen molar-refractivity contribution in [2.45, 2.75) is 13.8 Å². The maximum absolute atomic E-state index is 8.79. The SMILES string of the molecule is Cc1cn(-c2cccc(C#N)c2)nc1C. The van der Waals surface area contributed by atoms with Crippen molar-refractivity contribution in [3.05, 3.63) is 47.3 Å². The first-order valence-corrected chi connectivity index (χ1v) is 4.74. The third-order valence-corrected chi connectivity index (χ3v) is 2.38. The van der Waals surface area contributed by atoms with Crippen molar-refractivity contribution < 1.29 is 0 Å². The van der Waals surface area contributed by atoms with Gasteiger partial charge in [-0.25, -0.2) is 4.68 Å². The zero-order valence-electron chi connectivity index (χ0n) is 8.73. The van der Waals surface area contributed by atoms with Crippen molar-refractivity contribution >= 4 is 0 Å². The first-order valence-electron chi connectivity index (χ1n) is 4.74. The Labute approximate surface area is 88.6 Å². The van der Waals surface area contributed by atoms with Crippen LogP contribution in [0.15, 0.2) is 30.5 Å². The minimum atomic E-state index is 0.651. The summed E-state index contributed by atoms with van der Waals surface area (Å²) in [5.74, 6) is 0. The average Bonchev–Trinajstić information content (AvgIpc) is 2.59. The summed E-state index contributed by atoms with van der Waals surface area (Å²) in [5.41, 5.74) is 3.73. The number of hydrogen-bond acceptors (Lipinski definition) is 2. The Balaban J connectivity index is 2.50. The predicted molar refractivity (Wildman–Crippen MR) is 57.8 cm³/mol. The lowest BCUT2D eigenvalue weighted by molar-refractivity contribution is 0.862. The van der Waals surface area contributed by atoms with Crippen LogP contribution in [-0.2, 0) is 0 Å². The number of nitriles is 1. The van der Waals surface area contributed by atoms with Gasteiger partial charge in [0.15, 0.2) is 0 Å². The quantitative estimate of drug-likeness (QED) is 0.704. The number of benzene rings is 1. The number of aryl methyl sites for hydroxylation is 2. The van der Waals surface area contributed by atoms with Crippen LogP contribution >= 0.6 is 0 Å². The van der Waals surface area contributed by atoms with Crippen LogP contribution in [0.5, 0.6) is 0 Å². The first kappa shape index (κ1) is 9.47. The third-order valence-electron chi connectivity index (χ3n) is 2.38. The van der Waals surface area contributed by atoms with Gasteiger partial charge in [0.2, 0.25) is 0 Å². The fourth-order valence-corrected chi connectivity index (χ4v) is 1.40. The molecule has 1 heterocycles. The van der Waals surface area contributed by atoms with E-state index in [1.807, 2.05) is 38.2 Å². The number of hydrogen-bond donors (Lipinski definition) is 0. The zero-order chi connectivity index (χ0) is 10.8. The van der Waals surface area contributed by atoms with Gasteiger partial charge < -0.3 is 0 Å². The highest BCUT2D eigenvalue weighted by molar-refractivity contribution is 5.41. The van der Waals surface area contributed by atoms with Gasteiger partial charge in [0.1, 0.15) is 0 Å². The molecule has 74 valence electrons. The molecule has 3 nitrogen and oxygen atoms in total. The van der Waals surface area contributed by atoms with Crippen molar-refractivity contribution in [2.24, 2.45) is 0 Å². The van der Waals surface area contributed by atoms with Crippen LogP contribution in [0.4, 0.5) is 0 Å². The van der Waals surface area contributed by atoms with E-state index in [1.54, 1.807) is 10.7 Å². The molecule has 0 bridgehead atoms. The Bertz CT molecular complexity index is 513. The van der Waals surface area contributed by atoms with Crippen molar-refractivity contribution in [3.8, 4) is 11.8 Å². The second kappa shape index (κ2) is 3.58. The third kappa shape index (κ3) is 1.75. The lowest BCUT2D eigenvalue weighted by atomic mass is 10.2. The maximum atomic E-state index is 8.79. The molecular formula is C12H11N3. The van der Waals surface area contributed by atoms with E-state index in [9.17, 15) is 0 Å². The molecule has 0 fully saturated rings. The van der Waals surface area contributed by atoms with Crippen molar-refractivity contribution in [1.29, 1.82) is 5.26 Å². The van der Waals surface area contributed by atoms with E-state index < -0.39 is 0 Å². The van der Waals surface area contributed by atoms with Gasteiger partial charge in [-0.2, -0.15) is 10.4 Å². The van der Waals surface area contributed by atoms with E-state index in [1.165, 1.54) is 0 Å². The molecule has 0 saturated carbocycles. The Morgan fingerprint density at radius 1 is 1.33 bits per heavy atom. The number of nitrogens with zero attached hydrogens (tertiary/aromatic N) is 3. The largest absolute Gasteiger partial charge is 0.240 e. The molecule has 0 saturated heterocycles. The molecule has 0 unspecified atom stereocenters. The second-order valence-electron chi connectivity index (χ2n) is 3.50. The van der Waals surface area contributed by atoms with Gasteiger partial charge in [-0.3, -0.25) is 0 Å². The molecule has 0 aliphatic rings. The summed E-state index contributed by atoms with van der Waals surface area (Å²) in [5, 5.41) is 13.2. The summed E-state index contributed by atoms with van der Waals surface area (Å²) >= 11 is 0. The zero-order valence-corrected chi connectivity index (χ0v) is 8.73. The lowest BCUT2D eigenvalue weighted by Gasteiger charge is -2.00. The Kier molecular flexibility index (Phi) is 2.26. The molecule has 0 N–H and O–H groups in total. The highest BCUT2D eigenvalue weighted by Gasteiger charge is 2.02. The summed E-state index contributed by atoms with van der Waals surface area (Å²) in [6.07, 6.45) is 1.96. The van der Waals surface area contributed by atoms with Gasteiger partial charge in [-0.15, -0.1) is 0 Å². The first-order chi connectivity index (χ1) is 7.20. The van der Waals surface area contributed by atoms with Crippen LogP contribution in [-0.4, -0.2) is 9.78 Å². The molecule has 3 heteroatoms. The van der Waals surface area contributed by atoms with E-state index in [0.717, 1.165) is 16.9 Å². The standard InChI is InChI=1S/C12H11N3/c1-9-8-15(14-10(9)2)12-5-3-4-11(6-12)7-13/h3-6,8H,1-2H3. The van der Waals surface area contributed by atoms with E-state index >= 15 is 0 Å². The molecule has 2 rings (SSSR count). The van der Waals surface area contributed by atoms with E-state index in [4.69, 9.17) is 5.26 Å². The predicted octanol–water partition coefficient (Wildman–Crippen LogP) is 2.36. The molecule has 0 amide bonds. The van der Waals surface area contributed by atoms with Gasteiger partial charge in [0, 0.05) is 6.20 Å². The van der Waals surface area contributed by atoms with Crippen LogP contribution in [0.3, 0.4) is 0 Å². The minimum Gasteiger partial charge on any atom is -0.240 e. The molecular weight excluding hydrogens is 186 g/mol.